The Bertz CT molecular complexity index is 587. The van der Waals surface area contributed by atoms with Gasteiger partial charge in [-0.1, -0.05) is 11.2 Å². The highest BCUT2D eigenvalue weighted by atomic mass is 19.1. The second-order valence-electron chi connectivity index (χ2n) is 4.30. The number of nitrogens with one attached hydrogen (secondary N) is 1. The fourth-order valence-electron chi connectivity index (χ4n) is 1.58. The molecule has 0 bridgehead atoms. The van der Waals surface area contributed by atoms with Crippen molar-refractivity contribution in [3.63, 3.8) is 0 Å². The van der Waals surface area contributed by atoms with Crippen LogP contribution in [0.5, 0.6) is 5.75 Å². The number of nitrogens with zero attached hydrogens (tertiary/aromatic N) is 2. The first-order chi connectivity index (χ1) is 9.56. The summed E-state index contributed by atoms with van der Waals surface area (Å²) < 4.78 is 23.1. The van der Waals surface area contributed by atoms with Gasteiger partial charge in [-0.2, -0.15) is 4.98 Å². The molecule has 0 saturated carbocycles. The lowest BCUT2D eigenvalue weighted by atomic mass is 10.2. The highest BCUT2D eigenvalue weighted by Gasteiger charge is 2.14. The van der Waals surface area contributed by atoms with Gasteiger partial charge in [-0.05, 0) is 31.5 Å². The van der Waals surface area contributed by atoms with Crippen molar-refractivity contribution in [2.24, 2.45) is 0 Å². The Morgan fingerprint density at radius 3 is 3.05 bits per heavy atom. The van der Waals surface area contributed by atoms with Gasteiger partial charge in [0.1, 0.15) is 0 Å². The van der Waals surface area contributed by atoms with Crippen LogP contribution in [0.1, 0.15) is 24.4 Å². The van der Waals surface area contributed by atoms with Crippen LogP contribution >= 0.6 is 0 Å². The normalized spacial score (nSPS) is 11.9. The number of carbonyl (C=O) groups is 1. The van der Waals surface area contributed by atoms with Crippen LogP contribution in [-0.2, 0) is 4.79 Å². The van der Waals surface area contributed by atoms with E-state index in [2.05, 4.69) is 20.0 Å². The number of carbonyl (C=O) groups excluding carboxylic acids is 1. The van der Waals surface area contributed by atoms with Crippen LogP contribution in [0.4, 0.5) is 4.39 Å². The zero-order valence-electron chi connectivity index (χ0n) is 11.1. The summed E-state index contributed by atoms with van der Waals surface area (Å²) in [5, 5.41) is 6.23. The molecule has 0 aliphatic carbocycles. The molecule has 2 rings (SSSR count). The van der Waals surface area contributed by atoms with Gasteiger partial charge in [0.25, 0.3) is 5.91 Å². The Kier molecular flexibility index (Phi) is 4.29. The minimum Gasteiger partial charge on any atom is -0.481 e. The first kappa shape index (κ1) is 14.0. The molecular formula is C13H14FN3O3. The third-order valence-electron chi connectivity index (χ3n) is 2.59. The van der Waals surface area contributed by atoms with Gasteiger partial charge in [0.2, 0.25) is 6.39 Å². The van der Waals surface area contributed by atoms with E-state index in [4.69, 9.17) is 4.74 Å². The molecule has 1 aromatic carbocycles. The van der Waals surface area contributed by atoms with Gasteiger partial charge >= 0.3 is 0 Å². The van der Waals surface area contributed by atoms with Crippen LogP contribution in [0.3, 0.4) is 0 Å². The molecule has 1 aromatic heterocycles. The van der Waals surface area contributed by atoms with E-state index >= 15 is 0 Å². The molecule has 7 heteroatoms. The molecule has 0 aliphatic heterocycles. The lowest BCUT2D eigenvalue weighted by Crippen LogP contribution is -2.31. The summed E-state index contributed by atoms with van der Waals surface area (Å²) in [7, 11) is 0. The number of hydrogen-bond acceptors (Lipinski definition) is 5. The van der Waals surface area contributed by atoms with Crippen LogP contribution in [0.25, 0.3) is 0 Å². The van der Waals surface area contributed by atoms with E-state index in [0.29, 0.717) is 5.82 Å². The van der Waals surface area contributed by atoms with Gasteiger partial charge < -0.3 is 14.6 Å². The molecule has 2 aromatic rings. The Morgan fingerprint density at radius 2 is 2.35 bits per heavy atom. The smallest absolute Gasteiger partial charge is 0.258 e. The minimum absolute atomic E-state index is 0.0485. The summed E-state index contributed by atoms with van der Waals surface area (Å²) in [4.78, 5) is 15.5. The predicted octanol–water partition coefficient (Wildman–Crippen LogP) is 1.77. The maximum Gasteiger partial charge on any atom is 0.258 e. The molecule has 106 valence electrons. The van der Waals surface area contributed by atoms with E-state index in [1.807, 2.05) is 6.92 Å². The van der Waals surface area contributed by atoms with Crippen molar-refractivity contribution in [2.75, 3.05) is 6.61 Å². The van der Waals surface area contributed by atoms with Crippen LogP contribution in [0, 0.1) is 12.7 Å². The Labute approximate surface area is 114 Å². The summed E-state index contributed by atoms with van der Waals surface area (Å²) in [6.07, 6.45) is 1.18. The van der Waals surface area contributed by atoms with Gasteiger partial charge in [-0.15, -0.1) is 0 Å². The van der Waals surface area contributed by atoms with E-state index in [1.54, 1.807) is 13.0 Å². The molecule has 1 amide bonds. The number of halogens is 1. The van der Waals surface area contributed by atoms with Crippen molar-refractivity contribution in [1.82, 2.24) is 15.5 Å². The molecule has 0 saturated heterocycles. The Morgan fingerprint density at radius 1 is 1.55 bits per heavy atom. The van der Waals surface area contributed by atoms with Crippen LogP contribution in [0.2, 0.25) is 0 Å². The maximum absolute atomic E-state index is 13.4. The van der Waals surface area contributed by atoms with Gasteiger partial charge in [0, 0.05) is 0 Å². The number of hydrogen-bond donors (Lipinski definition) is 1. The zero-order valence-corrected chi connectivity index (χ0v) is 11.1. The molecule has 20 heavy (non-hydrogen) atoms. The first-order valence-electron chi connectivity index (χ1n) is 6.01. The van der Waals surface area contributed by atoms with E-state index in [0.717, 1.165) is 5.56 Å². The molecule has 1 heterocycles. The third-order valence-corrected chi connectivity index (χ3v) is 2.59. The molecule has 0 unspecified atom stereocenters. The quantitative estimate of drug-likeness (QED) is 0.902. The fraction of sp³-hybridized carbons (Fsp3) is 0.308. The Hall–Kier alpha value is -2.44. The van der Waals surface area contributed by atoms with E-state index in [1.165, 1.54) is 18.5 Å². The van der Waals surface area contributed by atoms with Gasteiger partial charge in [0.15, 0.2) is 24.0 Å². The summed E-state index contributed by atoms with van der Waals surface area (Å²) >= 11 is 0. The molecule has 1 atom stereocenters. The highest BCUT2D eigenvalue weighted by molar-refractivity contribution is 5.77. The number of rotatable bonds is 5. The van der Waals surface area contributed by atoms with Crippen molar-refractivity contribution >= 4 is 5.91 Å². The van der Waals surface area contributed by atoms with Crippen molar-refractivity contribution in [2.45, 2.75) is 19.9 Å². The van der Waals surface area contributed by atoms with E-state index < -0.39 is 17.8 Å². The zero-order chi connectivity index (χ0) is 14.5. The number of ether oxygens (including phenoxy) is 1. The first-order valence-corrected chi connectivity index (χ1v) is 6.01. The van der Waals surface area contributed by atoms with Crippen molar-refractivity contribution in [1.29, 1.82) is 0 Å². The standard InChI is InChI=1S/C13H14FN3O3/c1-8-3-4-10(14)11(5-8)19-6-12(18)16-9(2)13-15-7-20-17-13/h3-5,7,9H,6H2,1-2H3,(H,16,18)/t9-/m1/s1. The SMILES string of the molecule is Cc1ccc(F)c(OCC(=O)N[C@H](C)c2ncon2)c1. The summed E-state index contributed by atoms with van der Waals surface area (Å²) in [5.74, 6) is -0.495. The van der Waals surface area contributed by atoms with Crippen LogP contribution < -0.4 is 10.1 Å². The maximum atomic E-state index is 13.4. The molecule has 0 spiro atoms. The number of aryl methyl sites for hydroxylation is 1. The molecule has 6 nitrogen and oxygen atoms in total. The third kappa shape index (κ3) is 3.53. The van der Waals surface area contributed by atoms with Crippen LogP contribution in [0.15, 0.2) is 29.1 Å². The van der Waals surface area contributed by atoms with Gasteiger partial charge in [0.05, 0.1) is 6.04 Å². The molecule has 1 N–H and O–H groups in total. The Balaban J connectivity index is 1.87. The molecular weight excluding hydrogens is 265 g/mol. The fourth-order valence-corrected chi connectivity index (χ4v) is 1.58. The monoisotopic (exact) mass is 279 g/mol. The summed E-state index contributed by atoms with van der Waals surface area (Å²) in [6, 6.07) is 4.04. The largest absolute Gasteiger partial charge is 0.481 e. The average Bonchev–Trinajstić information content (AvgIpc) is 2.94. The molecule has 0 aliphatic rings. The van der Waals surface area contributed by atoms with E-state index in [-0.39, 0.29) is 12.4 Å². The lowest BCUT2D eigenvalue weighted by Gasteiger charge is -2.11. The number of benzene rings is 1. The number of amides is 1. The summed E-state index contributed by atoms with van der Waals surface area (Å²) in [6.45, 7) is 3.23. The van der Waals surface area contributed by atoms with Crippen molar-refractivity contribution in [3.8, 4) is 5.75 Å². The number of aromatic nitrogens is 2. The van der Waals surface area contributed by atoms with Crippen molar-refractivity contribution < 1.29 is 18.4 Å². The van der Waals surface area contributed by atoms with E-state index in [9.17, 15) is 9.18 Å². The highest BCUT2D eigenvalue weighted by Crippen LogP contribution is 2.18. The minimum atomic E-state index is -0.505. The van der Waals surface area contributed by atoms with Crippen LogP contribution in [-0.4, -0.2) is 22.7 Å². The summed E-state index contributed by atoms with van der Waals surface area (Å²) in [5.41, 5.74) is 0.849. The molecule has 0 fully saturated rings. The van der Waals surface area contributed by atoms with Gasteiger partial charge in [-0.3, -0.25) is 4.79 Å². The predicted molar refractivity (Wildman–Crippen MR) is 67.5 cm³/mol. The lowest BCUT2D eigenvalue weighted by molar-refractivity contribution is -0.123. The second-order valence-corrected chi connectivity index (χ2v) is 4.30. The topological polar surface area (TPSA) is 77.2 Å². The van der Waals surface area contributed by atoms with Gasteiger partial charge in [-0.25, -0.2) is 4.39 Å². The average molecular weight is 279 g/mol. The van der Waals surface area contributed by atoms with Crippen molar-refractivity contribution in [3.05, 3.63) is 41.8 Å². The second kappa shape index (κ2) is 6.14. The molecule has 0 radical (unpaired) electrons.